The first-order valence-corrected chi connectivity index (χ1v) is 9.27. The lowest BCUT2D eigenvalue weighted by molar-refractivity contribution is 0.285. The van der Waals surface area contributed by atoms with E-state index in [9.17, 15) is 0 Å². The van der Waals surface area contributed by atoms with Gasteiger partial charge in [0.1, 0.15) is 0 Å². The minimum Gasteiger partial charge on any atom is -0.313 e. The second-order valence-corrected chi connectivity index (χ2v) is 7.25. The first-order valence-electron chi connectivity index (χ1n) is 7.91. The molecule has 1 atom stereocenters. The molecule has 0 heterocycles. The molecule has 20 heavy (non-hydrogen) atoms. The molecule has 112 valence electrons. The summed E-state index contributed by atoms with van der Waals surface area (Å²) < 4.78 is 0. The molecule has 0 spiro atoms. The Morgan fingerprint density at radius 1 is 1.20 bits per heavy atom. The van der Waals surface area contributed by atoms with E-state index in [4.69, 9.17) is 11.6 Å². The molecule has 1 aliphatic carbocycles. The van der Waals surface area contributed by atoms with E-state index in [1.54, 1.807) is 0 Å². The fraction of sp³-hybridized carbons (Fsp3) is 0.647. The highest BCUT2D eigenvalue weighted by atomic mass is 35.5. The molecule has 0 aliphatic heterocycles. The van der Waals surface area contributed by atoms with E-state index >= 15 is 0 Å². The van der Waals surface area contributed by atoms with Gasteiger partial charge in [-0.25, -0.2) is 0 Å². The van der Waals surface area contributed by atoms with Crippen LogP contribution in [0.1, 0.15) is 45.4 Å². The lowest BCUT2D eigenvalue weighted by Crippen LogP contribution is -2.39. The first-order chi connectivity index (χ1) is 9.79. The highest BCUT2D eigenvalue weighted by molar-refractivity contribution is 7.99. The maximum absolute atomic E-state index is 5.94. The van der Waals surface area contributed by atoms with E-state index < -0.39 is 0 Å². The molecule has 1 saturated carbocycles. The molecule has 1 fully saturated rings. The molecule has 0 bridgehead atoms. The van der Waals surface area contributed by atoms with Gasteiger partial charge in [-0.15, -0.1) is 11.8 Å². The van der Waals surface area contributed by atoms with Gasteiger partial charge in [0.2, 0.25) is 0 Å². The Bertz CT molecular complexity index is 373. The van der Waals surface area contributed by atoms with Gasteiger partial charge in [0.05, 0.1) is 0 Å². The standard InChI is InChI=1S/C17H26ClNS/c1-2-12-19-17(14-6-4-3-5-7-14)13-20-16-10-8-15(18)9-11-16/h8-11,14,17,19H,2-7,12-13H2,1H3. The van der Waals surface area contributed by atoms with E-state index in [0.717, 1.165) is 17.5 Å². The predicted octanol–water partition coefficient (Wildman–Crippen LogP) is 5.38. The zero-order valence-corrected chi connectivity index (χ0v) is 14.0. The average Bonchev–Trinajstić information content (AvgIpc) is 2.50. The zero-order chi connectivity index (χ0) is 14.2. The van der Waals surface area contributed by atoms with Crippen molar-refractivity contribution in [3.05, 3.63) is 29.3 Å². The van der Waals surface area contributed by atoms with Gasteiger partial charge in [-0.05, 0) is 56.0 Å². The van der Waals surface area contributed by atoms with Crippen molar-refractivity contribution in [2.45, 2.75) is 56.4 Å². The molecule has 0 amide bonds. The van der Waals surface area contributed by atoms with E-state index in [-0.39, 0.29) is 0 Å². The quantitative estimate of drug-likeness (QED) is 0.678. The van der Waals surface area contributed by atoms with Crippen LogP contribution in [0.4, 0.5) is 0 Å². The molecular weight excluding hydrogens is 286 g/mol. The molecule has 1 N–H and O–H groups in total. The Kier molecular flexibility index (Phi) is 7.26. The smallest absolute Gasteiger partial charge is 0.0406 e. The molecule has 1 unspecified atom stereocenters. The number of rotatable bonds is 7. The Morgan fingerprint density at radius 2 is 1.90 bits per heavy atom. The lowest BCUT2D eigenvalue weighted by atomic mass is 9.84. The van der Waals surface area contributed by atoms with Crippen molar-refractivity contribution in [3.63, 3.8) is 0 Å². The number of benzene rings is 1. The zero-order valence-electron chi connectivity index (χ0n) is 12.4. The fourth-order valence-electron chi connectivity index (χ4n) is 2.94. The molecule has 3 heteroatoms. The van der Waals surface area contributed by atoms with Crippen LogP contribution in [0.15, 0.2) is 29.2 Å². The Labute approximate surface area is 132 Å². The number of thioether (sulfide) groups is 1. The van der Waals surface area contributed by atoms with Crippen molar-refractivity contribution in [1.82, 2.24) is 5.32 Å². The van der Waals surface area contributed by atoms with Crippen LogP contribution < -0.4 is 5.32 Å². The summed E-state index contributed by atoms with van der Waals surface area (Å²) in [6, 6.07) is 8.89. The summed E-state index contributed by atoms with van der Waals surface area (Å²) in [7, 11) is 0. The second-order valence-electron chi connectivity index (χ2n) is 5.72. The largest absolute Gasteiger partial charge is 0.313 e. The van der Waals surface area contributed by atoms with E-state index in [2.05, 4.69) is 24.4 Å². The van der Waals surface area contributed by atoms with E-state index in [1.807, 2.05) is 23.9 Å². The topological polar surface area (TPSA) is 12.0 Å². The second kappa shape index (κ2) is 8.96. The minimum atomic E-state index is 0.663. The van der Waals surface area contributed by atoms with Gasteiger partial charge in [-0.3, -0.25) is 0 Å². The van der Waals surface area contributed by atoms with Crippen molar-refractivity contribution in [3.8, 4) is 0 Å². The molecule has 1 aromatic carbocycles. The van der Waals surface area contributed by atoms with Crippen molar-refractivity contribution in [1.29, 1.82) is 0 Å². The van der Waals surface area contributed by atoms with Crippen molar-refractivity contribution in [2.24, 2.45) is 5.92 Å². The van der Waals surface area contributed by atoms with Gasteiger partial charge in [-0.2, -0.15) is 0 Å². The van der Waals surface area contributed by atoms with Gasteiger partial charge >= 0.3 is 0 Å². The van der Waals surface area contributed by atoms with Gasteiger partial charge in [0.15, 0.2) is 0 Å². The third kappa shape index (κ3) is 5.31. The molecule has 0 radical (unpaired) electrons. The monoisotopic (exact) mass is 311 g/mol. The van der Waals surface area contributed by atoms with Crippen LogP contribution in [0.2, 0.25) is 5.02 Å². The molecule has 0 aromatic heterocycles. The lowest BCUT2D eigenvalue weighted by Gasteiger charge is -2.31. The Morgan fingerprint density at radius 3 is 2.55 bits per heavy atom. The number of hydrogen-bond donors (Lipinski definition) is 1. The summed E-state index contributed by atoms with van der Waals surface area (Å²) in [5.41, 5.74) is 0. The van der Waals surface area contributed by atoms with Crippen LogP contribution in [-0.4, -0.2) is 18.3 Å². The summed E-state index contributed by atoms with van der Waals surface area (Å²) in [6.45, 7) is 3.39. The summed E-state index contributed by atoms with van der Waals surface area (Å²) in [5, 5.41) is 4.60. The molecule has 0 saturated heterocycles. The van der Waals surface area contributed by atoms with Crippen LogP contribution in [0.5, 0.6) is 0 Å². The normalized spacial score (nSPS) is 18.1. The number of nitrogens with one attached hydrogen (secondary N) is 1. The van der Waals surface area contributed by atoms with Gasteiger partial charge < -0.3 is 5.32 Å². The Balaban J connectivity index is 1.87. The minimum absolute atomic E-state index is 0.663. The highest BCUT2D eigenvalue weighted by Gasteiger charge is 2.23. The maximum Gasteiger partial charge on any atom is 0.0406 e. The summed E-state index contributed by atoms with van der Waals surface area (Å²) >= 11 is 7.90. The number of halogens is 1. The van der Waals surface area contributed by atoms with Gasteiger partial charge in [0, 0.05) is 21.7 Å². The SMILES string of the molecule is CCCNC(CSc1ccc(Cl)cc1)C1CCCCC1. The van der Waals surface area contributed by atoms with Crippen molar-refractivity contribution < 1.29 is 0 Å². The van der Waals surface area contributed by atoms with Gasteiger partial charge in [0.25, 0.3) is 0 Å². The van der Waals surface area contributed by atoms with Crippen LogP contribution in [0.3, 0.4) is 0 Å². The van der Waals surface area contributed by atoms with Crippen LogP contribution in [0.25, 0.3) is 0 Å². The van der Waals surface area contributed by atoms with Crippen LogP contribution >= 0.6 is 23.4 Å². The van der Waals surface area contributed by atoms with Gasteiger partial charge in [-0.1, -0.05) is 37.8 Å². The molecule has 1 nitrogen and oxygen atoms in total. The molecule has 2 rings (SSSR count). The van der Waals surface area contributed by atoms with Crippen molar-refractivity contribution in [2.75, 3.05) is 12.3 Å². The molecular formula is C17H26ClNS. The summed E-state index contributed by atoms with van der Waals surface area (Å²) in [6.07, 6.45) is 8.29. The third-order valence-electron chi connectivity index (χ3n) is 4.12. The van der Waals surface area contributed by atoms with Crippen LogP contribution in [-0.2, 0) is 0 Å². The Hall–Kier alpha value is -0.180. The van der Waals surface area contributed by atoms with E-state index in [0.29, 0.717) is 6.04 Å². The average molecular weight is 312 g/mol. The summed E-state index contributed by atoms with van der Waals surface area (Å²) in [5.74, 6) is 2.04. The maximum atomic E-state index is 5.94. The summed E-state index contributed by atoms with van der Waals surface area (Å²) in [4.78, 5) is 1.33. The van der Waals surface area contributed by atoms with E-state index in [1.165, 1.54) is 49.2 Å². The fourth-order valence-corrected chi connectivity index (χ4v) is 4.16. The highest BCUT2D eigenvalue weighted by Crippen LogP contribution is 2.30. The third-order valence-corrected chi connectivity index (χ3v) is 5.50. The van der Waals surface area contributed by atoms with Crippen molar-refractivity contribution >= 4 is 23.4 Å². The first kappa shape index (κ1) is 16.2. The molecule has 1 aliphatic rings. The predicted molar refractivity (Wildman–Crippen MR) is 90.8 cm³/mol. The molecule has 1 aromatic rings. The number of hydrogen-bond acceptors (Lipinski definition) is 2. The van der Waals surface area contributed by atoms with Crippen LogP contribution in [0, 0.1) is 5.92 Å².